The summed E-state index contributed by atoms with van der Waals surface area (Å²) in [5.41, 5.74) is 0. The highest BCUT2D eigenvalue weighted by atomic mass is 16.5. The normalized spacial score (nSPS) is 10.8. The third kappa shape index (κ3) is 13.9. The Morgan fingerprint density at radius 1 is 0.867 bits per heavy atom. The Bertz CT molecular complexity index is 103. The van der Waals surface area contributed by atoms with Crippen molar-refractivity contribution in [2.75, 3.05) is 39.5 Å². The molecule has 0 fully saturated rings. The van der Waals surface area contributed by atoms with E-state index < -0.39 is 0 Å². The molecule has 0 aliphatic heterocycles. The van der Waals surface area contributed by atoms with Crippen LogP contribution in [-0.4, -0.2) is 39.5 Å². The molecule has 0 heterocycles. The highest BCUT2D eigenvalue weighted by Crippen LogP contribution is 1.95. The Balaban J connectivity index is 0. The van der Waals surface area contributed by atoms with Crippen LogP contribution in [-0.2, 0) is 9.47 Å². The van der Waals surface area contributed by atoms with Crippen molar-refractivity contribution in [2.24, 2.45) is 0 Å². The van der Waals surface area contributed by atoms with E-state index in [4.69, 9.17) is 9.47 Å². The first-order valence-electron chi connectivity index (χ1n) is 6.28. The zero-order chi connectivity index (χ0) is 11.2. The number of rotatable bonds is 12. The molecule has 3 heteroatoms. The molecule has 0 aromatic heterocycles. The van der Waals surface area contributed by atoms with E-state index >= 15 is 0 Å². The summed E-state index contributed by atoms with van der Waals surface area (Å²) in [6, 6.07) is 0. The van der Waals surface area contributed by atoms with Gasteiger partial charge in [0.05, 0.1) is 0 Å². The van der Waals surface area contributed by atoms with Crippen LogP contribution in [0.5, 0.6) is 0 Å². The molecule has 0 aliphatic carbocycles. The fourth-order valence-electron chi connectivity index (χ4n) is 1.32. The van der Waals surface area contributed by atoms with Crippen LogP contribution in [0.1, 0.15) is 41.0 Å². The molecule has 0 spiro atoms. The molecule has 94 valence electrons. The lowest BCUT2D eigenvalue weighted by Gasteiger charge is -2.04. The third-order valence-corrected chi connectivity index (χ3v) is 2.17. The van der Waals surface area contributed by atoms with Gasteiger partial charge in [0.2, 0.25) is 0 Å². The lowest BCUT2D eigenvalue weighted by atomic mass is 10.2. The van der Waals surface area contributed by atoms with Gasteiger partial charge in [0, 0.05) is 27.9 Å². The smallest absolute Gasteiger partial charge is 0.0487 e. The predicted octanol–water partition coefficient (Wildman–Crippen LogP) is 2.46. The number of nitrogens with one attached hydrogen (secondary N) is 1. The summed E-state index contributed by atoms with van der Waals surface area (Å²) in [6.07, 6.45) is 4.72. The van der Waals surface area contributed by atoms with Crippen LogP contribution in [0.4, 0.5) is 0 Å². The Labute approximate surface area is 96.0 Å². The minimum Gasteiger partial charge on any atom is -0.382 e. The van der Waals surface area contributed by atoms with E-state index in [-0.39, 0.29) is 1.43 Å². The van der Waals surface area contributed by atoms with Crippen molar-refractivity contribution in [3.05, 3.63) is 0 Å². The zero-order valence-electron chi connectivity index (χ0n) is 10.4. The summed E-state index contributed by atoms with van der Waals surface area (Å²) >= 11 is 0. The van der Waals surface area contributed by atoms with E-state index in [1.54, 1.807) is 0 Å². The van der Waals surface area contributed by atoms with Gasteiger partial charge in [-0.25, -0.2) is 0 Å². The molecule has 0 saturated heterocycles. The van der Waals surface area contributed by atoms with Gasteiger partial charge in [0.1, 0.15) is 0 Å². The summed E-state index contributed by atoms with van der Waals surface area (Å²) in [5, 5.41) is 3.32. The fourth-order valence-corrected chi connectivity index (χ4v) is 1.32. The Morgan fingerprint density at radius 2 is 1.60 bits per heavy atom. The maximum Gasteiger partial charge on any atom is 0.0487 e. The number of hydrogen-bond acceptors (Lipinski definition) is 3. The van der Waals surface area contributed by atoms with Gasteiger partial charge in [-0.1, -0.05) is 6.92 Å². The minimum absolute atomic E-state index is 0. The summed E-state index contributed by atoms with van der Waals surface area (Å²) in [4.78, 5) is 0. The fraction of sp³-hybridized carbons (Fsp3) is 1.00. The molecule has 0 aliphatic rings. The second-order valence-corrected chi connectivity index (χ2v) is 3.58. The van der Waals surface area contributed by atoms with Gasteiger partial charge in [-0.05, 0) is 45.7 Å². The molecule has 1 N–H and O–H groups in total. The first-order valence-corrected chi connectivity index (χ1v) is 6.28. The average molecular weight is 219 g/mol. The number of ether oxygens (including phenoxy) is 2. The van der Waals surface area contributed by atoms with Crippen molar-refractivity contribution in [3.8, 4) is 0 Å². The summed E-state index contributed by atoms with van der Waals surface area (Å²) in [5.74, 6) is 0. The van der Waals surface area contributed by atoms with Crippen LogP contribution in [0.15, 0.2) is 0 Å². The number of unbranched alkanes of at least 4 members (excludes halogenated alkanes) is 2. The highest BCUT2D eigenvalue weighted by molar-refractivity contribution is 4.46. The highest BCUT2D eigenvalue weighted by Gasteiger charge is 1.91. The van der Waals surface area contributed by atoms with E-state index in [2.05, 4.69) is 12.2 Å². The zero-order valence-corrected chi connectivity index (χ0v) is 10.4. The van der Waals surface area contributed by atoms with Crippen LogP contribution in [0.2, 0.25) is 0 Å². The van der Waals surface area contributed by atoms with Gasteiger partial charge in [-0.15, -0.1) is 0 Å². The molecule has 0 saturated carbocycles. The van der Waals surface area contributed by atoms with Crippen LogP contribution >= 0.6 is 0 Å². The molecule has 0 radical (unpaired) electrons. The topological polar surface area (TPSA) is 30.5 Å². The first-order chi connectivity index (χ1) is 7.41. The van der Waals surface area contributed by atoms with Crippen LogP contribution in [0, 0.1) is 0 Å². The van der Waals surface area contributed by atoms with Crippen LogP contribution in [0.25, 0.3) is 0 Å². The molecule has 15 heavy (non-hydrogen) atoms. The van der Waals surface area contributed by atoms with Crippen molar-refractivity contribution >= 4 is 0 Å². The van der Waals surface area contributed by atoms with E-state index in [1.165, 1.54) is 19.3 Å². The lowest BCUT2D eigenvalue weighted by molar-refractivity contribution is 0.0861. The first kappa shape index (κ1) is 14.9. The molecule has 0 aromatic carbocycles. The second kappa shape index (κ2) is 13.9. The third-order valence-electron chi connectivity index (χ3n) is 2.17. The largest absolute Gasteiger partial charge is 0.382 e. The Kier molecular flexibility index (Phi) is 13.8. The molecule has 0 bridgehead atoms. The van der Waals surface area contributed by atoms with Gasteiger partial charge in [0.15, 0.2) is 0 Å². The van der Waals surface area contributed by atoms with E-state index in [9.17, 15) is 0 Å². The van der Waals surface area contributed by atoms with Crippen molar-refractivity contribution < 1.29 is 10.9 Å². The SMILES string of the molecule is CCNCCCCCOCCCOCC.[HH]. The summed E-state index contributed by atoms with van der Waals surface area (Å²) in [6.45, 7) is 9.76. The lowest BCUT2D eigenvalue weighted by Crippen LogP contribution is -2.13. The second-order valence-electron chi connectivity index (χ2n) is 3.58. The Morgan fingerprint density at radius 3 is 2.33 bits per heavy atom. The minimum atomic E-state index is 0. The maximum absolute atomic E-state index is 5.49. The van der Waals surface area contributed by atoms with Crippen LogP contribution < -0.4 is 5.32 Å². The van der Waals surface area contributed by atoms with Crippen molar-refractivity contribution in [2.45, 2.75) is 39.5 Å². The van der Waals surface area contributed by atoms with E-state index in [0.29, 0.717) is 0 Å². The maximum atomic E-state index is 5.49. The Hall–Kier alpha value is -0.120. The molecule has 0 atom stereocenters. The van der Waals surface area contributed by atoms with E-state index in [1.807, 2.05) is 6.92 Å². The standard InChI is InChI=1S/C12H27NO2.H2/c1-3-13-9-6-5-7-10-15-12-8-11-14-4-2;/h13H,3-12H2,1-2H3;1H. The van der Waals surface area contributed by atoms with Crippen molar-refractivity contribution in [3.63, 3.8) is 0 Å². The molecule has 0 amide bonds. The van der Waals surface area contributed by atoms with Gasteiger partial charge < -0.3 is 14.8 Å². The summed E-state index contributed by atoms with van der Waals surface area (Å²) in [7, 11) is 0. The molecular weight excluding hydrogens is 190 g/mol. The summed E-state index contributed by atoms with van der Waals surface area (Å²) < 4.78 is 10.7. The van der Waals surface area contributed by atoms with Crippen LogP contribution in [0.3, 0.4) is 0 Å². The van der Waals surface area contributed by atoms with Gasteiger partial charge in [-0.3, -0.25) is 0 Å². The molecule has 0 rings (SSSR count). The number of hydrogen-bond donors (Lipinski definition) is 1. The monoisotopic (exact) mass is 219 g/mol. The van der Waals surface area contributed by atoms with Gasteiger partial charge in [-0.2, -0.15) is 0 Å². The van der Waals surface area contributed by atoms with E-state index in [0.717, 1.165) is 45.9 Å². The van der Waals surface area contributed by atoms with Crippen molar-refractivity contribution in [1.29, 1.82) is 0 Å². The van der Waals surface area contributed by atoms with Gasteiger partial charge >= 0.3 is 0 Å². The predicted molar refractivity (Wildman–Crippen MR) is 66.4 cm³/mol. The molecular formula is C12H29NO2. The molecule has 0 unspecified atom stereocenters. The quantitative estimate of drug-likeness (QED) is 0.511. The average Bonchev–Trinajstić information content (AvgIpc) is 2.26. The molecule has 3 nitrogen and oxygen atoms in total. The van der Waals surface area contributed by atoms with Crippen molar-refractivity contribution in [1.82, 2.24) is 5.32 Å². The molecule has 0 aromatic rings. The van der Waals surface area contributed by atoms with Gasteiger partial charge in [0.25, 0.3) is 0 Å².